The first kappa shape index (κ1) is 12.3. The predicted molar refractivity (Wildman–Crippen MR) is 74.8 cm³/mol. The molecule has 0 bridgehead atoms. The normalized spacial score (nSPS) is 11.1. The van der Waals surface area contributed by atoms with Gasteiger partial charge in [0.05, 0.1) is 11.4 Å². The maximum absolute atomic E-state index is 11.8. The van der Waals surface area contributed by atoms with Gasteiger partial charge in [0.15, 0.2) is 5.82 Å². The monoisotopic (exact) mass is 293 g/mol. The van der Waals surface area contributed by atoms with Crippen LogP contribution < -0.4 is 4.87 Å². The molecule has 0 aliphatic carbocycles. The van der Waals surface area contributed by atoms with Crippen molar-refractivity contribution < 1.29 is 4.52 Å². The fourth-order valence-corrected chi connectivity index (χ4v) is 3.21. The van der Waals surface area contributed by atoms with E-state index < -0.39 is 0 Å². The number of aryl methyl sites for hydroxylation is 1. The second-order valence-electron chi connectivity index (χ2n) is 4.09. The zero-order valence-electron chi connectivity index (χ0n) is 10.4. The predicted octanol–water partition coefficient (Wildman–Crippen LogP) is 2.69. The highest BCUT2D eigenvalue weighted by atomic mass is 32.1. The number of thiophene rings is 1. The lowest BCUT2D eigenvalue weighted by Crippen LogP contribution is -2.16. The molecule has 3 aromatic heterocycles. The van der Waals surface area contributed by atoms with Gasteiger partial charge in [0, 0.05) is 10.6 Å². The Labute approximate surface area is 117 Å². The molecule has 0 unspecified atom stereocenters. The van der Waals surface area contributed by atoms with Gasteiger partial charge in [-0.15, -0.1) is 11.3 Å². The van der Waals surface area contributed by atoms with Gasteiger partial charge in [0.1, 0.15) is 0 Å². The van der Waals surface area contributed by atoms with Gasteiger partial charge >= 0.3 is 4.87 Å². The third-order valence-corrected chi connectivity index (χ3v) is 4.73. The lowest BCUT2D eigenvalue weighted by Gasteiger charge is -1.99. The number of hydrogen-bond acceptors (Lipinski definition) is 6. The minimum absolute atomic E-state index is 0.0115. The third-order valence-electron chi connectivity index (χ3n) is 2.87. The summed E-state index contributed by atoms with van der Waals surface area (Å²) in [5.41, 5.74) is 0.956. The van der Waals surface area contributed by atoms with Crippen LogP contribution in [0.5, 0.6) is 0 Å². The third kappa shape index (κ3) is 2.26. The van der Waals surface area contributed by atoms with E-state index in [4.69, 9.17) is 4.52 Å². The maximum Gasteiger partial charge on any atom is 0.307 e. The molecule has 3 aromatic rings. The fraction of sp³-hybridized carbons (Fsp3) is 0.250. The van der Waals surface area contributed by atoms with E-state index in [1.807, 2.05) is 31.4 Å². The molecule has 0 saturated heterocycles. The van der Waals surface area contributed by atoms with Crippen molar-refractivity contribution >= 4 is 22.7 Å². The first-order valence-electron chi connectivity index (χ1n) is 5.68. The number of hydrogen-bond donors (Lipinski definition) is 0. The molecule has 98 valence electrons. The zero-order chi connectivity index (χ0) is 13.4. The Morgan fingerprint density at radius 3 is 2.89 bits per heavy atom. The Bertz CT molecular complexity index is 752. The maximum atomic E-state index is 11.8. The zero-order valence-corrected chi connectivity index (χ0v) is 12.0. The Balaban J connectivity index is 1.90. The second kappa shape index (κ2) is 4.75. The van der Waals surface area contributed by atoms with Crippen molar-refractivity contribution in [1.82, 2.24) is 14.7 Å². The quantitative estimate of drug-likeness (QED) is 0.745. The number of nitrogens with zero attached hydrogens (tertiary/aromatic N) is 3. The highest BCUT2D eigenvalue weighted by Gasteiger charge is 2.13. The SMILES string of the molecule is Cc1sc(=O)n(Cc2noc(-c3cccs3)n2)c1C. The highest BCUT2D eigenvalue weighted by molar-refractivity contribution is 7.13. The molecule has 0 saturated carbocycles. The Morgan fingerprint density at radius 1 is 1.42 bits per heavy atom. The Kier molecular flexibility index (Phi) is 3.08. The molecule has 0 atom stereocenters. The van der Waals surface area contributed by atoms with Crippen LogP contribution in [0.2, 0.25) is 0 Å². The van der Waals surface area contributed by atoms with Crippen LogP contribution in [0.3, 0.4) is 0 Å². The van der Waals surface area contributed by atoms with Crippen molar-refractivity contribution in [2.45, 2.75) is 20.4 Å². The summed E-state index contributed by atoms with van der Waals surface area (Å²) in [6, 6.07) is 3.86. The van der Waals surface area contributed by atoms with Crippen LogP contribution in [0.4, 0.5) is 0 Å². The molecule has 3 heterocycles. The van der Waals surface area contributed by atoms with Gasteiger partial charge in [0.25, 0.3) is 5.89 Å². The average Bonchev–Trinajstić information content (AvgIpc) is 3.08. The average molecular weight is 293 g/mol. The van der Waals surface area contributed by atoms with Crippen molar-refractivity contribution in [3.8, 4) is 10.8 Å². The van der Waals surface area contributed by atoms with E-state index in [0.29, 0.717) is 18.3 Å². The Hall–Kier alpha value is -1.73. The summed E-state index contributed by atoms with van der Waals surface area (Å²) >= 11 is 2.79. The molecule has 0 spiro atoms. The lowest BCUT2D eigenvalue weighted by atomic mass is 10.4. The molecule has 0 aliphatic heterocycles. The van der Waals surface area contributed by atoms with Crippen LogP contribution in [0.15, 0.2) is 26.8 Å². The summed E-state index contributed by atoms with van der Waals surface area (Å²) in [6.07, 6.45) is 0. The van der Waals surface area contributed by atoms with Crippen LogP contribution in [-0.2, 0) is 6.54 Å². The highest BCUT2D eigenvalue weighted by Crippen LogP contribution is 2.22. The summed E-state index contributed by atoms with van der Waals surface area (Å²) < 4.78 is 6.87. The largest absolute Gasteiger partial charge is 0.333 e. The van der Waals surface area contributed by atoms with Crippen molar-refractivity contribution in [2.24, 2.45) is 0 Å². The van der Waals surface area contributed by atoms with Gasteiger partial charge in [-0.3, -0.25) is 9.36 Å². The van der Waals surface area contributed by atoms with E-state index >= 15 is 0 Å². The van der Waals surface area contributed by atoms with Crippen LogP contribution in [-0.4, -0.2) is 14.7 Å². The summed E-state index contributed by atoms with van der Waals surface area (Å²) in [4.78, 5) is 18.1. The fourth-order valence-electron chi connectivity index (χ4n) is 1.73. The molecule has 0 radical (unpaired) electrons. The van der Waals surface area contributed by atoms with Gasteiger partial charge in [-0.05, 0) is 25.3 Å². The molecule has 0 aliphatic rings. The van der Waals surface area contributed by atoms with Gasteiger partial charge < -0.3 is 4.52 Å². The van der Waals surface area contributed by atoms with Crippen LogP contribution in [0, 0.1) is 13.8 Å². The van der Waals surface area contributed by atoms with Crippen LogP contribution >= 0.6 is 22.7 Å². The van der Waals surface area contributed by atoms with Crippen LogP contribution in [0.25, 0.3) is 10.8 Å². The van der Waals surface area contributed by atoms with E-state index in [2.05, 4.69) is 10.1 Å². The minimum atomic E-state index is 0.0115. The van der Waals surface area contributed by atoms with Gasteiger partial charge in [0.2, 0.25) is 0 Å². The number of thiazole rings is 1. The van der Waals surface area contributed by atoms with Gasteiger partial charge in [-0.25, -0.2) is 0 Å². The smallest absolute Gasteiger partial charge is 0.307 e. The molecular formula is C12H11N3O2S2. The summed E-state index contributed by atoms with van der Waals surface area (Å²) in [5, 5.41) is 5.88. The molecular weight excluding hydrogens is 282 g/mol. The standard InChI is InChI=1S/C12H11N3O2S2/c1-7-8(2)19-12(16)15(7)6-10-13-11(17-14-10)9-4-3-5-18-9/h3-5H,6H2,1-2H3. The second-order valence-corrected chi connectivity index (χ2v) is 6.20. The number of rotatable bonds is 3. The molecule has 19 heavy (non-hydrogen) atoms. The first-order chi connectivity index (χ1) is 9.15. The topological polar surface area (TPSA) is 60.9 Å². The lowest BCUT2D eigenvalue weighted by molar-refractivity contribution is 0.421. The molecule has 0 N–H and O–H groups in total. The minimum Gasteiger partial charge on any atom is -0.333 e. The van der Waals surface area contributed by atoms with Crippen molar-refractivity contribution in [3.05, 3.63) is 43.6 Å². The molecule has 0 aromatic carbocycles. The van der Waals surface area contributed by atoms with E-state index in [1.165, 1.54) is 11.3 Å². The van der Waals surface area contributed by atoms with Crippen molar-refractivity contribution in [3.63, 3.8) is 0 Å². The van der Waals surface area contributed by atoms with E-state index in [1.54, 1.807) is 15.9 Å². The molecule has 5 nitrogen and oxygen atoms in total. The molecule has 3 rings (SSSR count). The van der Waals surface area contributed by atoms with E-state index in [-0.39, 0.29) is 4.87 Å². The summed E-state index contributed by atoms with van der Waals surface area (Å²) in [7, 11) is 0. The van der Waals surface area contributed by atoms with E-state index in [9.17, 15) is 4.79 Å². The molecule has 7 heteroatoms. The Morgan fingerprint density at radius 2 is 2.26 bits per heavy atom. The number of aromatic nitrogens is 3. The van der Waals surface area contributed by atoms with E-state index in [0.717, 1.165) is 15.4 Å². The van der Waals surface area contributed by atoms with Gasteiger partial charge in [-0.1, -0.05) is 22.6 Å². The van der Waals surface area contributed by atoms with Gasteiger partial charge in [-0.2, -0.15) is 4.98 Å². The van der Waals surface area contributed by atoms with Crippen molar-refractivity contribution in [1.29, 1.82) is 0 Å². The van der Waals surface area contributed by atoms with Crippen LogP contribution in [0.1, 0.15) is 16.4 Å². The first-order valence-corrected chi connectivity index (χ1v) is 7.38. The molecule has 0 amide bonds. The summed E-state index contributed by atoms with van der Waals surface area (Å²) in [5.74, 6) is 1.02. The summed E-state index contributed by atoms with van der Waals surface area (Å²) in [6.45, 7) is 4.21. The van der Waals surface area contributed by atoms with Crippen molar-refractivity contribution in [2.75, 3.05) is 0 Å². The molecule has 0 fully saturated rings.